The molecule has 0 fully saturated rings. The molecule has 0 aliphatic rings. The van der Waals surface area contributed by atoms with Gasteiger partial charge in [-0.2, -0.15) is 0 Å². The van der Waals surface area contributed by atoms with Gasteiger partial charge in [0.25, 0.3) is 0 Å². The van der Waals surface area contributed by atoms with Gasteiger partial charge in [0.1, 0.15) is 5.69 Å². The smallest absolute Gasteiger partial charge is 0.355 e. The molecule has 0 aliphatic carbocycles. The average Bonchev–Trinajstić information content (AvgIpc) is 3.00. The van der Waals surface area contributed by atoms with Crippen molar-refractivity contribution in [2.45, 2.75) is 26.9 Å². The van der Waals surface area contributed by atoms with Gasteiger partial charge in [-0.25, -0.2) is 4.79 Å². The van der Waals surface area contributed by atoms with Crippen LogP contribution in [0.1, 0.15) is 41.6 Å². The van der Waals surface area contributed by atoms with Gasteiger partial charge in [0.05, 0.1) is 0 Å². The minimum absolute atomic E-state index is 0.0936. The molecule has 0 bridgehead atoms. The maximum Gasteiger partial charge on any atom is 0.355 e. The van der Waals surface area contributed by atoms with Gasteiger partial charge in [-0.3, -0.25) is 9.59 Å². The average molecular weight is 342 g/mol. The number of ether oxygens (including phenoxy) is 1. The third-order valence-electron chi connectivity index (χ3n) is 3.77. The van der Waals surface area contributed by atoms with E-state index in [0.717, 1.165) is 0 Å². The van der Waals surface area contributed by atoms with E-state index in [2.05, 4.69) is 5.32 Å². The third-order valence-corrected chi connectivity index (χ3v) is 3.77. The zero-order valence-electron chi connectivity index (χ0n) is 14.8. The molecule has 1 N–H and O–H groups in total. The molecule has 0 aliphatic heterocycles. The fraction of sp³-hybridized carbons (Fsp3) is 0.316. The maximum atomic E-state index is 12.4. The van der Waals surface area contributed by atoms with Gasteiger partial charge < -0.3 is 14.6 Å². The lowest BCUT2D eigenvalue weighted by atomic mass is 10.1. The standard InChI is InChI=1S/C19H22N2O4/c1-12(2)18(23)20-15-9-7-14(8-10-15)17(22)13(3)25-19(24)16-6-5-11-21(16)4/h5-13H,1-4H3,(H,20,23). The van der Waals surface area contributed by atoms with Crippen molar-refractivity contribution in [1.82, 2.24) is 4.57 Å². The van der Waals surface area contributed by atoms with Crippen LogP contribution in [0, 0.1) is 5.92 Å². The number of esters is 1. The Balaban J connectivity index is 2.01. The zero-order chi connectivity index (χ0) is 18.6. The monoisotopic (exact) mass is 342 g/mol. The van der Waals surface area contributed by atoms with Crippen LogP contribution < -0.4 is 5.32 Å². The number of benzene rings is 1. The highest BCUT2D eigenvalue weighted by Crippen LogP contribution is 2.14. The summed E-state index contributed by atoms with van der Waals surface area (Å²) in [5.41, 5.74) is 1.41. The Labute approximate surface area is 146 Å². The van der Waals surface area contributed by atoms with Crippen molar-refractivity contribution >= 4 is 23.3 Å². The highest BCUT2D eigenvalue weighted by atomic mass is 16.5. The molecule has 1 unspecified atom stereocenters. The molecule has 25 heavy (non-hydrogen) atoms. The number of ketones is 1. The summed E-state index contributed by atoms with van der Waals surface area (Å²) in [5, 5.41) is 2.76. The van der Waals surface area contributed by atoms with E-state index in [9.17, 15) is 14.4 Å². The minimum Gasteiger partial charge on any atom is -0.450 e. The molecule has 2 rings (SSSR count). The first kappa shape index (κ1) is 18.4. The number of amides is 1. The Morgan fingerprint density at radius 1 is 1.04 bits per heavy atom. The Bertz CT molecular complexity index is 775. The third kappa shape index (κ3) is 4.56. The highest BCUT2D eigenvalue weighted by Gasteiger charge is 2.21. The Morgan fingerprint density at radius 2 is 1.68 bits per heavy atom. The van der Waals surface area contributed by atoms with Crippen LogP contribution in [-0.2, 0) is 16.6 Å². The first-order chi connectivity index (χ1) is 11.8. The first-order valence-corrected chi connectivity index (χ1v) is 8.07. The summed E-state index contributed by atoms with van der Waals surface area (Å²) >= 11 is 0. The van der Waals surface area contributed by atoms with Crippen LogP contribution >= 0.6 is 0 Å². The molecule has 1 amide bonds. The summed E-state index contributed by atoms with van der Waals surface area (Å²) in [6.45, 7) is 5.14. The number of hydrogen-bond acceptors (Lipinski definition) is 4. The van der Waals surface area contributed by atoms with E-state index >= 15 is 0 Å². The SMILES string of the molecule is CC(C)C(=O)Nc1ccc(C(=O)C(C)OC(=O)c2cccn2C)cc1. The molecular formula is C19H22N2O4. The van der Waals surface area contributed by atoms with E-state index in [-0.39, 0.29) is 17.6 Å². The van der Waals surface area contributed by atoms with Crippen molar-refractivity contribution in [2.24, 2.45) is 13.0 Å². The molecule has 1 aromatic heterocycles. The summed E-state index contributed by atoms with van der Waals surface area (Å²) < 4.78 is 6.87. The van der Waals surface area contributed by atoms with Gasteiger partial charge in [0.2, 0.25) is 11.7 Å². The largest absolute Gasteiger partial charge is 0.450 e. The summed E-state index contributed by atoms with van der Waals surface area (Å²) in [6.07, 6.45) is 0.825. The lowest BCUT2D eigenvalue weighted by Gasteiger charge is -2.13. The number of carbonyl (C=O) groups is 3. The van der Waals surface area contributed by atoms with Crippen LogP contribution in [0.25, 0.3) is 0 Å². The number of nitrogens with one attached hydrogen (secondary N) is 1. The Morgan fingerprint density at radius 3 is 2.20 bits per heavy atom. The first-order valence-electron chi connectivity index (χ1n) is 8.07. The Hall–Kier alpha value is -2.89. The van der Waals surface area contributed by atoms with Crippen molar-refractivity contribution in [3.05, 3.63) is 53.9 Å². The van der Waals surface area contributed by atoms with Gasteiger partial charge >= 0.3 is 5.97 Å². The van der Waals surface area contributed by atoms with Crippen molar-refractivity contribution in [3.8, 4) is 0 Å². The van der Waals surface area contributed by atoms with Crippen LogP contribution in [0.15, 0.2) is 42.6 Å². The predicted octanol–water partition coefficient (Wildman–Crippen LogP) is 3.05. The van der Waals surface area contributed by atoms with Gasteiger partial charge in [0.15, 0.2) is 6.10 Å². The molecule has 1 aromatic carbocycles. The second-order valence-electron chi connectivity index (χ2n) is 6.14. The highest BCUT2D eigenvalue weighted by molar-refractivity contribution is 6.01. The molecule has 0 spiro atoms. The molecule has 1 atom stereocenters. The molecule has 2 aromatic rings. The minimum atomic E-state index is -0.904. The second-order valence-corrected chi connectivity index (χ2v) is 6.14. The van der Waals surface area contributed by atoms with E-state index in [0.29, 0.717) is 16.9 Å². The molecular weight excluding hydrogens is 320 g/mol. The van der Waals surface area contributed by atoms with Crippen molar-refractivity contribution in [2.75, 3.05) is 5.32 Å². The summed E-state index contributed by atoms with van der Waals surface area (Å²) in [4.78, 5) is 36.1. The van der Waals surface area contributed by atoms with Crippen molar-refractivity contribution in [3.63, 3.8) is 0 Å². The van der Waals surface area contributed by atoms with Crippen LogP contribution in [0.2, 0.25) is 0 Å². The fourth-order valence-electron chi connectivity index (χ4n) is 2.19. The lowest BCUT2D eigenvalue weighted by molar-refractivity contribution is -0.118. The molecule has 0 radical (unpaired) electrons. The number of nitrogens with zero attached hydrogens (tertiary/aromatic N) is 1. The number of anilines is 1. The van der Waals surface area contributed by atoms with Gasteiger partial charge in [0, 0.05) is 30.4 Å². The molecule has 1 heterocycles. The maximum absolute atomic E-state index is 12.4. The predicted molar refractivity (Wildman–Crippen MR) is 94.5 cm³/mol. The van der Waals surface area contributed by atoms with E-state index in [1.165, 1.54) is 6.92 Å². The molecule has 0 saturated heterocycles. The van der Waals surface area contributed by atoms with E-state index < -0.39 is 12.1 Å². The topological polar surface area (TPSA) is 77.4 Å². The number of aryl methyl sites for hydroxylation is 1. The van der Waals surface area contributed by atoms with Crippen LogP contribution in [0.4, 0.5) is 5.69 Å². The normalized spacial score (nSPS) is 11.9. The molecule has 6 heteroatoms. The quantitative estimate of drug-likeness (QED) is 0.646. The summed E-state index contributed by atoms with van der Waals surface area (Å²) in [6, 6.07) is 9.87. The number of aromatic nitrogens is 1. The van der Waals surface area contributed by atoms with Crippen LogP contribution in [0.5, 0.6) is 0 Å². The number of carbonyl (C=O) groups excluding carboxylic acids is 3. The van der Waals surface area contributed by atoms with Gasteiger partial charge in [-0.05, 0) is 43.3 Å². The van der Waals surface area contributed by atoms with E-state index in [1.54, 1.807) is 68.1 Å². The molecule has 0 saturated carbocycles. The number of Topliss-reactive ketones (excluding diaryl/α,β-unsaturated/α-hetero) is 1. The number of hydrogen-bond donors (Lipinski definition) is 1. The number of rotatable bonds is 6. The Kier molecular flexibility index (Phi) is 5.75. The van der Waals surface area contributed by atoms with Crippen molar-refractivity contribution in [1.29, 1.82) is 0 Å². The summed E-state index contributed by atoms with van der Waals surface area (Å²) in [5.74, 6) is -1.07. The second kappa shape index (κ2) is 7.79. The van der Waals surface area contributed by atoms with Crippen LogP contribution in [0.3, 0.4) is 0 Å². The van der Waals surface area contributed by atoms with Crippen molar-refractivity contribution < 1.29 is 19.1 Å². The van der Waals surface area contributed by atoms with E-state index in [4.69, 9.17) is 4.74 Å². The lowest BCUT2D eigenvalue weighted by Crippen LogP contribution is -2.25. The van der Waals surface area contributed by atoms with Crippen LogP contribution in [-0.4, -0.2) is 28.3 Å². The van der Waals surface area contributed by atoms with Gasteiger partial charge in [-0.1, -0.05) is 13.8 Å². The van der Waals surface area contributed by atoms with E-state index in [1.807, 2.05) is 0 Å². The molecule has 132 valence electrons. The molecule has 6 nitrogen and oxygen atoms in total. The summed E-state index contributed by atoms with van der Waals surface area (Å²) in [7, 11) is 1.73. The van der Waals surface area contributed by atoms with Gasteiger partial charge in [-0.15, -0.1) is 0 Å². The zero-order valence-corrected chi connectivity index (χ0v) is 14.8. The fourth-order valence-corrected chi connectivity index (χ4v) is 2.19.